The summed E-state index contributed by atoms with van der Waals surface area (Å²) in [5, 5.41) is 3.45. The second kappa shape index (κ2) is 6.67. The van der Waals surface area contributed by atoms with Crippen molar-refractivity contribution in [3.8, 4) is 0 Å². The van der Waals surface area contributed by atoms with Crippen LogP contribution in [-0.4, -0.2) is 16.7 Å². The second-order valence-corrected chi connectivity index (χ2v) is 6.27. The third-order valence-corrected chi connectivity index (χ3v) is 4.33. The molecule has 0 spiro atoms. The topological polar surface area (TPSA) is 49.4 Å². The average molecular weight is 361 g/mol. The summed E-state index contributed by atoms with van der Waals surface area (Å²) < 4.78 is 0. The minimum Gasteiger partial charge on any atom is -0.349 e. The summed E-state index contributed by atoms with van der Waals surface area (Å²) in [5.41, 5.74) is 2.46. The lowest BCUT2D eigenvalue weighted by Crippen LogP contribution is -2.31. The molecule has 1 N–H and O–H groups in total. The normalized spacial score (nSPS) is 14.5. The van der Waals surface area contributed by atoms with Crippen molar-refractivity contribution in [2.24, 2.45) is 0 Å². The van der Waals surface area contributed by atoms with E-state index in [-0.39, 0.29) is 17.3 Å². The zero-order chi connectivity index (χ0) is 17.3. The van der Waals surface area contributed by atoms with Gasteiger partial charge in [0.15, 0.2) is 0 Å². The van der Waals surface area contributed by atoms with E-state index in [9.17, 15) is 9.59 Å². The fraction of sp³-hybridized carbons (Fsp3) is 0.111. The first-order valence-electron chi connectivity index (χ1n) is 7.30. The Kier molecular flexibility index (Phi) is 4.60. The van der Waals surface area contributed by atoms with Gasteiger partial charge in [-0.15, -0.1) is 0 Å². The van der Waals surface area contributed by atoms with Crippen molar-refractivity contribution in [2.75, 3.05) is 5.32 Å². The van der Waals surface area contributed by atoms with Crippen molar-refractivity contribution < 1.29 is 9.59 Å². The standard InChI is InChI=1S/C18H14Cl2N2O2/c1-11-9-13(19)7-8-14(11)21-16-15(20)17(23)22(18(16)24)10-12-5-3-2-4-6-12/h2-9,21H,10H2,1H3. The van der Waals surface area contributed by atoms with E-state index >= 15 is 0 Å². The summed E-state index contributed by atoms with van der Waals surface area (Å²) in [4.78, 5) is 26.0. The number of aryl methyl sites for hydroxylation is 1. The molecule has 1 aliphatic heterocycles. The molecule has 4 nitrogen and oxygen atoms in total. The van der Waals surface area contributed by atoms with Gasteiger partial charge in [-0.25, -0.2) is 0 Å². The highest BCUT2D eigenvalue weighted by atomic mass is 35.5. The molecule has 0 bridgehead atoms. The predicted octanol–water partition coefficient (Wildman–Crippen LogP) is 4.08. The Labute approximate surface area is 149 Å². The van der Waals surface area contributed by atoms with E-state index < -0.39 is 11.8 Å². The van der Waals surface area contributed by atoms with Gasteiger partial charge in [-0.1, -0.05) is 53.5 Å². The number of carbonyl (C=O) groups is 2. The van der Waals surface area contributed by atoms with Crippen LogP contribution in [0.3, 0.4) is 0 Å². The fourth-order valence-corrected chi connectivity index (χ4v) is 2.92. The molecule has 6 heteroatoms. The molecule has 0 radical (unpaired) electrons. The maximum Gasteiger partial charge on any atom is 0.279 e. The van der Waals surface area contributed by atoms with Gasteiger partial charge in [0.2, 0.25) is 0 Å². The number of nitrogens with one attached hydrogen (secondary N) is 1. The van der Waals surface area contributed by atoms with E-state index in [2.05, 4.69) is 5.32 Å². The number of nitrogens with zero attached hydrogens (tertiary/aromatic N) is 1. The number of carbonyl (C=O) groups excluding carboxylic acids is 2. The number of imide groups is 1. The van der Waals surface area contributed by atoms with Crippen molar-refractivity contribution in [1.82, 2.24) is 4.90 Å². The van der Waals surface area contributed by atoms with E-state index in [1.165, 1.54) is 0 Å². The molecule has 0 fully saturated rings. The minimum atomic E-state index is -0.500. The average Bonchev–Trinajstić information content (AvgIpc) is 2.76. The lowest BCUT2D eigenvalue weighted by Gasteiger charge is -2.15. The minimum absolute atomic E-state index is 0.0861. The van der Waals surface area contributed by atoms with Crippen molar-refractivity contribution >= 4 is 40.7 Å². The number of anilines is 1. The number of benzene rings is 2. The zero-order valence-electron chi connectivity index (χ0n) is 12.8. The summed E-state index contributed by atoms with van der Waals surface area (Å²) >= 11 is 12.0. The molecule has 0 atom stereocenters. The molecule has 1 aliphatic rings. The zero-order valence-corrected chi connectivity index (χ0v) is 14.4. The van der Waals surface area contributed by atoms with Crippen LogP contribution in [0, 0.1) is 6.92 Å². The number of halogens is 2. The Morgan fingerprint density at radius 1 is 1.00 bits per heavy atom. The molecule has 0 aromatic heterocycles. The molecule has 0 saturated heterocycles. The van der Waals surface area contributed by atoms with E-state index in [4.69, 9.17) is 23.2 Å². The first-order valence-corrected chi connectivity index (χ1v) is 8.06. The van der Waals surface area contributed by atoms with Gasteiger partial charge in [0, 0.05) is 10.7 Å². The van der Waals surface area contributed by atoms with Gasteiger partial charge in [0.1, 0.15) is 10.7 Å². The molecule has 2 aromatic carbocycles. The monoisotopic (exact) mass is 360 g/mol. The molecule has 0 saturated carbocycles. The molecule has 3 rings (SSSR count). The van der Waals surface area contributed by atoms with Gasteiger partial charge in [-0.3, -0.25) is 14.5 Å². The molecule has 0 unspecified atom stereocenters. The molecular weight excluding hydrogens is 347 g/mol. The number of amides is 2. The molecule has 2 aromatic rings. The maximum atomic E-state index is 12.6. The van der Waals surface area contributed by atoms with E-state index in [0.29, 0.717) is 10.7 Å². The van der Waals surface area contributed by atoms with Crippen LogP contribution in [0.2, 0.25) is 5.02 Å². The van der Waals surface area contributed by atoms with Crippen LogP contribution in [0.5, 0.6) is 0 Å². The van der Waals surface area contributed by atoms with Gasteiger partial charge in [0.05, 0.1) is 6.54 Å². The lowest BCUT2D eigenvalue weighted by molar-refractivity contribution is -0.138. The summed E-state index contributed by atoms with van der Waals surface area (Å²) in [6.45, 7) is 2.03. The van der Waals surface area contributed by atoms with Crippen molar-refractivity contribution in [1.29, 1.82) is 0 Å². The first kappa shape index (κ1) is 16.6. The molecule has 24 heavy (non-hydrogen) atoms. The lowest BCUT2D eigenvalue weighted by atomic mass is 10.2. The third kappa shape index (κ3) is 3.16. The largest absolute Gasteiger partial charge is 0.349 e. The van der Waals surface area contributed by atoms with E-state index in [0.717, 1.165) is 16.0 Å². The number of rotatable bonds is 4. The predicted molar refractivity (Wildman–Crippen MR) is 94.7 cm³/mol. The van der Waals surface area contributed by atoms with Crippen molar-refractivity contribution in [3.63, 3.8) is 0 Å². The molecule has 1 heterocycles. The Hall–Kier alpha value is -2.30. The van der Waals surface area contributed by atoms with Crippen LogP contribution in [-0.2, 0) is 16.1 Å². The molecule has 2 amide bonds. The van der Waals surface area contributed by atoms with E-state index in [1.807, 2.05) is 37.3 Å². The summed E-state index contributed by atoms with van der Waals surface area (Å²) in [5.74, 6) is -0.942. The van der Waals surface area contributed by atoms with Crippen LogP contribution in [0.1, 0.15) is 11.1 Å². The molecular formula is C18H14Cl2N2O2. The van der Waals surface area contributed by atoms with Gasteiger partial charge in [-0.2, -0.15) is 0 Å². The van der Waals surface area contributed by atoms with Gasteiger partial charge in [-0.05, 0) is 36.2 Å². The molecule has 122 valence electrons. The Bertz CT molecular complexity index is 847. The van der Waals surface area contributed by atoms with Crippen molar-refractivity contribution in [2.45, 2.75) is 13.5 Å². The fourth-order valence-electron chi connectivity index (χ4n) is 2.47. The number of hydrogen-bond acceptors (Lipinski definition) is 3. The number of hydrogen-bond donors (Lipinski definition) is 1. The highest BCUT2D eigenvalue weighted by Crippen LogP contribution is 2.29. The second-order valence-electron chi connectivity index (χ2n) is 5.46. The quantitative estimate of drug-likeness (QED) is 0.835. The summed E-state index contributed by atoms with van der Waals surface area (Å²) in [6, 6.07) is 14.5. The van der Waals surface area contributed by atoms with Gasteiger partial charge >= 0.3 is 0 Å². The Balaban J connectivity index is 1.84. The van der Waals surface area contributed by atoms with Crippen molar-refractivity contribution in [3.05, 3.63) is 75.4 Å². The third-order valence-electron chi connectivity index (χ3n) is 3.74. The highest BCUT2D eigenvalue weighted by Gasteiger charge is 2.37. The molecule has 0 aliphatic carbocycles. The van der Waals surface area contributed by atoms with Gasteiger partial charge < -0.3 is 5.32 Å². The smallest absolute Gasteiger partial charge is 0.279 e. The van der Waals surface area contributed by atoms with E-state index in [1.54, 1.807) is 18.2 Å². The van der Waals surface area contributed by atoms with Gasteiger partial charge in [0.25, 0.3) is 11.8 Å². The van der Waals surface area contributed by atoms with Crippen LogP contribution < -0.4 is 5.32 Å². The Morgan fingerprint density at radius 3 is 2.38 bits per heavy atom. The summed E-state index contributed by atoms with van der Waals surface area (Å²) in [6.07, 6.45) is 0. The first-order chi connectivity index (χ1) is 11.5. The van der Waals surface area contributed by atoms with Crippen LogP contribution in [0.15, 0.2) is 59.3 Å². The highest BCUT2D eigenvalue weighted by molar-refractivity contribution is 6.48. The SMILES string of the molecule is Cc1cc(Cl)ccc1NC1=C(Cl)C(=O)N(Cc2ccccc2)C1=O. The maximum absolute atomic E-state index is 12.6. The Morgan fingerprint density at radius 2 is 1.71 bits per heavy atom. The van der Waals surface area contributed by atoms with Crippen LogP contribution >= 0.6 is 23.2 Å². The van der Waals surface area contributed by atoms with Crippen LogP contribution in [0.25, 0.3) is 0 Å². The summed E-state index contributed by atoms with van der Waals surface area (Å²) in [7, 11) is 0. The van der Waals surface area contributed by atoms with Crippen LogP contribution in [0.4, 0.5) is 5.69 Å².